The lowest BCUT2D eigenvalue weighted by Gasteiger charge is -2.36. The van der Waals surface area contributed by atoms with Crippen molar-refractivity contribution in [3.8, 4) is 11.3 Å². The number of carbonyl (C=O) groups excluding carboxylic acids is 1. The summed E-state index contributed by atoms with van der Waals surface area (Å²) < 4.78 is 2.08. The van der Waals surface area contributed by atoms with Crippen molar-refractivity contribution >= 4 is 22.0 Å². The molecule has 0 fully saturated rings. The summed E-state index contributed by atoms with van der Waals surface area (Å²) in [7, 11) is 4.95. The van der Waals surface area contributed by atoms with Gasteiger partial charge in [-0.25, -0.2) is 4.98 Å². The van der Waals surface area contributed by atoms with Crippen molar-refractivity contribution in [3.63, 3.8) is 0 Å². The first kappa shape index (κ1) is 24.4. The van der Waals surface area contributed by atoms with Crippen LogP contribution in [0.1, 0.15) is 44.5 Å². The molecule has 0 aliphatic carbocycles. The molecule has 30 heavy (non-hydrogen) atoms. The van der Waals surface area contributed by atoms with E-state index in [4.69, 9.17) is 18.6 Å². The number of nitrogens with two attached hydrogens (primary N) is 1. The average Bonchev–Trinajstić information content (AvgIpc) is 3.02. The smallest absolute Gasteiger partial charge is 0.200 e. The molecule has 162 valence electrons. The highest BCUT2D eigenvalue weighted by atomic mass is 28.4. The topological polar surface area (TPSA) is 93.2 Å². The first-order valence-corrected chi connectivity index (χ1v) is 13.4. The number of aryl methyl sites for hydroxylation is 1. The van der Waals surface area contributed by atoms with Crippen molar-refractivity contribution in [3.05, 3.63) is 41.9 Å². The van der Waals surface area contributed by atoms with Crippen LogP contribution < -0.4 is 11.1 Å². The van der Waals surface area contributed by atoms with Crippen molar-refractivity contribution in [2.75, 3.05) is 6.54 Å². The van der Waals surface area contributed by atoms with Gasteiger partial charge >= 0.3 is 0 Å². The summed E-state index contributed by atoms with van der Waals surface area (Å²) in [6.07, 6.45) is 3.56. The van der Waals surface area contributed by atoms with E-state index in [1.807, 2.05) is 50.6 Å². The van der Waals surface area contributed by atoms with E-state index in [1.54, 1.807) is 0 Å². The third-order valence-corrected chi connectivity index (χ3v) is 9.71. The third-order valence-electron chi connectivity index (χ3n) is 6.19. The molecular formula is C22H35BN4O2Si. The Morgan fingerprint density at radius 3 is 2.43 bits per heavy atom. The maximum Gasteiger partial charge on any atom is 0.200 e. The van der Waals surface area contributed by atoms with E-state index >= 15 is 0 Å². The van der Waals surface area contributed by atoms with E-state index < -0.39 is 14.1 Å². The van der Waals surface area contributed by atoms with Gasteiger partial charge in [0.05, 0.1) is 5.69 Å². The Morgan fingerprint density at radius 2 is 1.93 bits per heavy atom. The summed E-state index contributed by atoms with van der Waals surface area (Å²) in [6, 6.07) is 7.95. The van der Waals surface area contributed by atoms with Gasteiger partial charge in [0.2, 0.25) is 7.85 Å². The fourth-order valence-corrected chi connectivity index (χ4v) is 4.48. The summed E-state index contributed by atoms with van der Waals surface area (Å²) >= 11 is 0. The van der Waals surface area contributed by atoms with Crippen LogP contribution in [0.5, 0.6) is 0 Å². The lowest BCUT2D eigenvalue weighted by atomic mass is 9.97. The maximum atomic E-state index is 11.1. The molecule has 4 N–H and O–H groups in total. The second-order valence-corrected chi connectivity index (χ2v) is 14.0. The molecule has 2 radical (unpaired) electrons. The number of hydrogen-bond donors (Lipinski definition) is 3. The van der Waals surface area contributed by atoms with E-state index in [-0.39, 0.29) is 17.0 Å². The van der Waals surface area contributed by atoms with E-state index in [2.05, 4.69) is 30.7 Å². The highest BCUT2D eigenvalue weighted by molar-refractivity contribution is 6.72. The third kappa shape index (κ3) is 6.06. The maximum absolute atomic E-state index is 11.1. The molecule has 2 unspecified atom stereocenters. The van der Waals surface area contributed by atoms with Gasteiger partial charge in [-0.15, -0.1) is 0 Å². The summed E-state index contributed by atoms with van der Waals surface area (Å²) in [6.45, 7) is 10.8. The lowest BCUT2D eigenvalue weighted by molar-refractivity contribution is 0.256. The number of aromatic nitrogens is 2. The minimum atomic E-state index is -2.27. The van der Waals surface area contributed by atoms with E-state index in [1.165, 1.54) is 0 Å². The van der Waals surface area contributed by atoms with Crippen LogP contribution >= 0.6 is 0 Å². The summed E-state index contributed by atoms with van der Waals surface area (Å²) in [5, 5.41) is 2.56. The van der Waals surface area contributed by atoms with Crippen LogP contribution in [0.2, 0.25) is 18.1 Å². The average molecular weight is 426 g/mol. The van der Waals surface area contributed by atoms with Gasteiger partial charge in [-0.2, -0.15) is 0 Å². The van der Waals surface area contributed by atoms with Gasteiger partial charge in [-0.3, -0.25) is 4.79 Å². The Bertz CT molecular complexity index is 859. The minimum Gasteiger partial charge on any atom is -0.432 e. The highest BCUT2D eigenvalue weighted by Gasteiger charge is 2.39. The number of hydrogen-bond acceptors (Lipinski definition) is 4. The van der Waals surface area contributed by atoms with Crippen molar-refractivity contribution in [1.82, 2.24) is 14.9 Å². The zero-order valence-electron chi connectivity index (χ0n) is 19.1. The van der Waals surface area contributed by atoms with Crippen LogP contribution in [0.15, 0.2) is 30.5 Å². The lowest BCUT2D eigenvalue weighted by Crippen LogP contribution is -2.41. The molecule has 2 atom stereocenters. The fraction of sp³-hybridized carbons (Fsp3) is 0.545. The molecule has 0 bridgehead atoms. The number of benzene rings is 1. The number of nitrogens with zero attached hydrogens (tertiary/aromatic N) is 2. The largest absolute Gasteiger partial charge is 0.432 e. The Balaban J connectivity index is 2.15. The van der Waals surface area contributed by atoms with E-state index in [9.17, 15) is 9.59 Å². The molecular weight excluding hydrogens is 391 g/mol. The van der Waals surface area contributed by atoms with Gasteiger partial charge in [0.1, 0.15) is 5.82 Å². The molecule has 1 amide bonds. The molecule has 2 rings (SSSR count). The van der Waals surface area contributed by atoms with Crippen molar-refractivity contribution < 1.29 is 9.59 Å². The second-order valence-electron chi connectivity index (χ2n) is 9.49. The van der Waals surface area contributed by atoms with Crippen molar-refractivity contribution in [2.24, 2.45) is 12.8 Å². The van der Waals surface area contributed by atoms with Crippen LogP contribution in [0.4, 0.5) is 4.79 Å². The highest BCUT2D eigenvalue weighted by Crippen LogP contribution is 2.43. The molecule has 0 saturated heterocycles. The Labute approximate surface area is 182 Å². The Kier molecular flexibility index (Phi) is 7.71. The zero-order valence-corrected chi connectivity index (χ0v) is 20.1. The van der Waals surface area contributed by atoms with Crippen LogP contribution in [0.25, 0.3) is 11.3 Å². The summed E-state index contributed by atoms with van der Waals surface area (Å²) in [4.78, 5) is 26.6. The second kappa shape index (κ2) is 9.49. The van der Waals surface area contributed by atoms with Crippen LogP contribution in [0.3, 0.4) is 0 Å². The fourth-order valence-electron chi connectivity index (χ4n) is 3.67. The molecule has 6 nitrogen and oxygen atoms in total. The standard InChI is InChI=1S/C22H35BN4O2Si/c1-15(12-22(2,3)30(5,6)29)20-26-19(14-27(20)4)17-9-7-16(8-10-17)11-18(13-24)25-21(23)28/h7-10,14-15,18,29H,11-13,24H2,1-6H3,(H,25,28). The van der Waals surface area contributed by atoms with Gasteiger partial charge in [0.25, 0.3) is 0 Å². The van der Waals surface area contributed by atoms with Gasteiger partial charge in [-0.1, -0.05) is 45.0 Å². The quantitative estimate of drug-likeness (QED) is 0.537. The molecule has 1 aromatic carbocycles. The number of nitrogens with one attached hydrogen (secondary N) is 1. The Morgan fingerprint density at radius 1 is 1.33 bits per heavy atom. The molecule has 8 heteroatoms. The molecule has 2 aromatic rings. The first-order chi connectivity index (χ1) is 13.8. The van der Waals surface area contributed by atoms with Gasteiger partial charge in [0.15, 0.2) is 14.1 Å². The Hall–Kier alpha value is -1.90. The minimum absolute atomic E-state index is 0.0986. The number of amides is 1. The predicted molar refractivity (Wildman–Crippen MR) is 126 cm³/mol. The van der Waals surface area contributed by atoms with Crippen molar-refractivity contribution in [2.45, 2.75) is 63.7 Å². The first-order valence-electron chi connectivity index (χ1n) is 10.4. The van der Waals surface area contributed by atoms with E-state index in [0.717, 1.165) is 29.1 Å². The molecule has 0 aliphatic rings. The molecule has 0 spiro atoms. The number of carbonyl (C=O) groups is 1. The van der Waals surface area contributed by atoms with Crippen molar-refractivity contribution in [1.29, 1.82) is 0 Å². The predicted octanol–water partition coefficient (Wildman–Crippen LogP) is 3.31. The monoisotopic (exact) mass is 426 g/mol. The molecule has 0 saturated carbocycles. The summed E-state index contributed by atoms with van der Waals surface area (Å²) in [5.74, 6) is 0.698. The number of imidazole rings is 1. The molecule has 1 aromatic heterocycles. The zero-order chi connectivity index (χ0) is 22.7. The van der Waals surface area contributed by atoms with Gasteiger partial charge in [0, 0.05) is 37.3 Å². The number of rotatable bonds is 9. The molecule has 1 heterocycles. The van der Waals surface area contributed by atoms with Crippen LogP contribution in [0, 0.1) is 0 Å². The van der Waals surface area contributed by atoms with Crippen LogP contribution in [-0.2, 0) is 13.5 Å². The summed E-state index contributed by atoms with van der Waals surface area (Å²) in [5.41, 5.74) is 8.75. The van der Waals surface area contributed by atoms with Gasteiger partial charge < -0.3 is 20.4 Å². The van der Waals surface area contributed by atoms with E-state index in [0.29, 0.717) is 13.0 Å². The van der Waals surface area contributed by atoms with Crippen LogP contribution in [-0.4, -0.2) is 48.9 Å². The normalized spacial score (nSPS) is 14.4. The van der Waals surface area contributed by atoms with Gasteiger partial charge in [-0.05, 0) is 36.5 Å². The SMILES string of the molecule is [B]C(=O)NC(CN)Cc1ccc(-c2cn(C)c(C(C)CC(C)(C)[Si](C)(C)O)n2)cc1. The molecule has 0 aliphatic heterocycles.